The number of benzene rings is 3. The van der Waals surface area contributed by atoms with E-state index in [1.165, 1.54) is 52.0 Å². The van der Waals surface area contributed by atoms with E-state index in [1.54, 1.807) is 24.7 Å². The molecule has 26 heavy (non-hydrogen) atoms. The zero-order valence-corrected chi connectivity index (χ0v) is 18.0. The van der Waals surface area contributed by atoms with Crippen molar-refractivity contribution in [3.05, 3.63) is 99.9 Å². The van der Waals surface area contributed by atoms with Crippen molar-refractivity contribution in [3.63, 3.8) is 0 Å². The average Bonchev–Trinajstić information content (AvgIpc) is 3.26. The van der Waals surface area contributed by atoms with Crippen LogP contribution in [0.1, 0.15) is 27.1 Å². The molecule has 0 bridgehead atoms. The molecule has 1 heterocycles. The van der Waals surface area contributed by atoms with Gasteiger partial charge in [-0.15, -0.1) is 0 Å². The van der Waals surface area contributed by atoms with Crippen molar-refractivity contribution < 1.29 is 24.7 Å². The fourth-order valence-corrected chi connectivity index (χ4v) is 8.21. The van der Waals surface area contributed by atoms with Crippen LogP contribution in [0.2, 0.25) is 0 Å². The van der Waals surface area contributed by atoms with Gasteiger partial charge in [-0.1, -0.05) is 0 Å². The molecule has 0 aliphatic heterocycles. The zero-order chi connectivity index (χ0) is 17.5. The van der Waals surface area contributed by atoms with Gasteiger partial charge < -0.3 is 0 Å². The van der Waals surface area contributed by atoms with E-state index in [0.717, 1.165) is 0 Å². The Balaban J connectivity index is 1.90. The van der Waals surface area contributed by atoms with Gasteiger partial charge in [-0.2, -0.15) is 0 Å². The molecule has 0 radical (unpaired) electrons. The molecule has 0 N–H and O–H groups in total. The summed E-state index contributed by atoms with van der Waals surface area (Å²) in [6.07, 6.45) is 0. The van der Waals surface area contributed by atoms with Gasteiger partial charge in [0.15, 0.2) is 0 Å². The first-order valence-electron chi connectivity index (χ1n) is 8.83. The van der Waals surface area contributed by atoms with Crippen LogP contribution in [-0.2, 0) is 5.41 Å². The normalized spacial score (nSPS) is 14.8. The summed E-state index contributed by atoms with van der Waals surface area (Å²) in [5.41, 5.74) is 11.4. The van der Waals surface area contributed by atoms with Crippen LogP contribution in [0, 0.1) is 31.6 Å². The number of hydrogen-bond donors (Lipinski definition) is 0. The van der Waals surface area contributed by atoms with Gasteiger partial charge in [0.25, 0.3) is 0 Å². The number of rotatable bonds is 0. The van der Waals surface area contributed by atoms with Crippen molar-refractivity contribution in [2.75, 3.05) is 0 Å². The van der Waals surface area contributed by atoms with Crippen LogP contribution in [0.3, 0.4) is 0 Å². The van der Waals surface area contributed by atoms with Crippen LogP contribution in [-0.4, -0.2) is 0 Å². The third kappa shape index (κ3) is 1.60. The Kier molecular flexibility index (Phi) is 3.04. The molecule has 3 aromatic carbocycles. The molecule has 1 spiro atoms. The molecule has 2 aliphatic rings. The summed E-state index contributed by atoms with van der Waals surface area (Å²) < 4.78 is 1.49. The van der Waals surface area contributed by atoms with E-state index < -0.39 is 0 Å². The Bertz CT molecular complexity index is 1170. The standard InChI is InChI=1S/C24H15AtS/c1-14-22-21(23(25)26-14)17-10-4-7-13-20(17)24(22)18-11-5-2-8-15(18)16-9-3-6-12-19(16)24/h2-13H,1H3. The number of thiophene rings is 1. The summed E-state index contributed by atoms with van der Waals surface area (Å²) in [6.45, 7) is 2.31. The number of hydrogen-bond acceptors (Lipinski definition) is 1. The van der Waals surface area contributed by atoms with E-state index in [0.29, 0.717) is 0 Å². The Hall–Kier alpha value is -1.76. The second-order valence-electron chi connectivity index (χ2n) is 7.07. The van der Waals surface area contributed by atoms with Gasteiger partial charge in [-0.25, -0.2) is 0 Å². The minimum atomic E-state index is -0.150. The summed E-state index contributed by atoms with van der Waals surface area (Å²) in [4.78, 5) is 1.46. The minimum absolute atomic E-state index is 0.150. The van der Waals surface area contributed by atoms with Crippen LogP contribution in [0.5, 0.6) is 0 Å². The van der Waals surface area contributed by atoms with Gasteiger partial charge >= 0.3 is 173 Å². The second kappa shape index (κ2) is 5.15. The van der Waals surface area contributed by atoms with Gasteiger partial charge in [0.1, 0.15) is 0 Å². The first-order chi connectivity index (χ1) is 12.7. The molecule has 4 aromatic rings. The van der Waals surface area contributed by atoms with Crippen molar-refractivity contribution in [1.82, 2.24) is 0 Å². The van der Waals surface area contributed by atoms with E-state index >= 15 is 0 Å². The van der Waals surface area contributed by atoms with E-state index in [-0.39, 0.29) is 5.41 Å². The molecule has 0 saturated carbocycles. The van der Waals surface area contributed by atoms with E-state index in [9.17, 15) is 0 Å². The van der Waals surface area contributed by atoms with Gasteiger partial charge in [-0.3, -0.25) is 0 Å². The van der Waals surface area contributed by atoms with E-state index in [1.807, 2.05) is 11.3 Å². The maximum atomic E-state index is 2.35. The third-order valence-electron chi connectivity index (χ3n) is 5.97. The van der Waals surface area contributed by atoms with Gasteiger partial charge in [0.05, 0.1) is 0 Å². The van der Waals surface area contributed by atoms with Crippen LogP contribution >= 0.6 is 11.3 Å². The Morgan fingerprint density at radius 3 is 1.73 bits per heavy atom. The number of fused-ring (bicyclic) bond motifs is 10. The van der Waals surface area contributed by atoms with Crippen molar-refractivity contribution in [2.24, 2.45) is 0 Å². The molecule has 0 amide bonds. The van der Waals surface area contributed by atoms with Crippen molar-refractivity contribution in [1.29, 1.82) is 0 Å². The predicted octanol–water partition coefficient (Wildman–Crippen LogP) is 5.57. The number of aryl methyl sites for hydroxylation is 1. The topological polar surface area (TPSA) is 0 Å². The molecule has 1 aromatic heterocycles. The van der Waals surface area contributed by atoms with Gasteiger partial charge in [0, 0.05) is 0 Å². The van der Waals surface area contributed by atoms with Gasteiger partial charge in [0.2, 0.25) is 0 Å². The van der Waals surface area contributed by atoms with E-state index in [2.05, 4.69) is 79.7 Å². The summed E-state index contributed by atoms with van der Waals surface area (Å²) in [5.74, 6) is 0. The fourth-order valence-electron chi connectivity index (χ4n) is 5.16. The average molecular weight is 545 g/mol. The predicted molar refractivity (Wildman–Crippen MR) is 105 cm³/mol. The van der Waals surface area contributed by atoms with E-state index in [4.69, 9.17) is 0 Å². The monoisotopic (exact) mass is 545 g/mol. The maximum absolute atomic E-state index is 2.35. The molecule has 2 aliphatic carbocycles. The summed E-state index contributed by atoms with van der Waals surface area (Å²) >= 11 is 3.78. The fraction of sp³-hybridized carbons (Fsp3) is 0.0833. The molecular formula is C24H15AtS. The summed E-state index contributed by atoms with van der Waals surface area (Å²) in [5, 5.41) is 0. The molecule has 0 unspecified atom stereocenters. The molecule has 0 nitrogen and oxygen atoms in total. The van der Waals surface area contributed by atoms with Crippen molar-refractivity contribution in [2.45, 2.75) is 12.3 Å². The Morgan fingerprint density at radius 1 is 0.692 bits per heavy atom. The third-order valence-corrected chi connectivity index (χ3v) is 8.50. The molecule has 6 rings (SSSR count). The first kappa shape index (κ1) is 15.3. The molecule has 0 saturated heterocycles. The summed E-state index contributed by atoms with van der Waals surface area (Å²) in [6, 6.07) is 27.1. The second-order valence-corrected chi connectivity index (χ2v) is 10.8. The molecule has 124 valence electrons. The Morgan fingerprint density at radius 2 is 1.15 bits per heavy atom. The molecule has 2 heteroatoms. The van der Waals surface area contributed by atoms with Crippen LogP contribution < -0.4 is 2.59 Å². The first-order valence-corrected chi connectivity index (χ1v) is 11.1. The Labute approximate surface area is 172 Å². The van der Waals surface area contributed by atoms with Crippen molar-refractivity contribution in [3.8, 4) is 22.3 Å². The summed E-state index contributed by atoms with van der Waals surface area (Å²) in [7, 11) is 0. The van der Waals surface area contributed by atoms with Crippen LogP contribution in [0.4, 0.5) is 0 Å². The zero-order valence-electron chi connectivity index (χ0n) is 14.2. The van der Waals surface area contributed by atoms with Gasteiger partial charge in [-0.05, 0) is 0 Å². The molecule has 0 atom stereocenters. The van der Waals surface area contributed by atoms with Crippen molar-refractivity contribution >= 4 is 13.9 Å². The molecular weight excluding hydrogens is 530 g/mol. The van der Waals surface area contributed by atoms with Crippen LogP contribution in [0.25, 0.3) is 22.3 Å². The SMILES string of the molecule is Cc1sc([At])c2c1C1(c3ccccc3-c3ccccc31)c1ccccc1-2. The quantitative estimate of drug-likeness (QED) is 0.234. The van der Waals surface area contributed by atoms with Crippen LogP contribution in [0.15, 0.2) is 72.8 Å². The molecule has 0 fully saturated rings.